The normalized spacial score (nSPS) is 17.0. The van der Waals surface area contributed by atoms with Crippen LogP contribution in [0.3, 0.4) is 0 Å². The van der Waals surface area contributed by atoms with Crippen LogP contribution in [0.15, 0.2) is 28.7 Å². The predicted molar refractivity (Wildman–Crippen MR) is 75.1 cm³/mol. The van der Waals surface area contributed by atoms with Crippen LogP contribution in [0.4, 0.5) is 0 Å². The molecule has 3 heteroatoms. The van der Waals surface area contributed by atoms with Gasteiger partial charge in [-0.25, -0.2) is 0 Å². The molecule has 0 amide bonds. The maximum atomic E-state index is 3.63. The van der Waals surface area contributed by atoms with E-state index < -0.39 is 0 Å². The standard InChI is InChI=1S/C14H17BrN2/c15-11-5-6-14-10(7-11)8-13(17-14)9-16-12-3-1-2-4-12/h5-8,12,16-17H,1-4,9H2. The molecule has 1 aromatic heterocycles. The molecule has 90 valence electrons. The lowest BCUT2D eigenvalue weighted by Crippen LogP contribution is -2.25. The molecule has 0 aliphatic heterocycles. The Balaban J connectivity index is 1.72. The van der Waals surface area contributed by atoms with Crippen molar-refractivity contribution in [2.75, 3.05) is 0 Å². The van der Waals surface area contributed by atoms with Gasteiger partial charge in [-0.2, -0.15) is 0 Å². The molecule has 0 saturated heterocycles. The lowest BCUT2D eigenvalue weighted by molar-refractivity contribution is 0.520. The number of nitrogens with one attached hydrogen (secondary N) is 2. The zero-order valence-electron chi connectivity index (χ0n) is 9.80. The number of halogens is 1. The summed E-state index contributed by atoms with van der Waals surface area (Å²) in [5.74, 6) is 0. The minimum atomic E-state index is 0.730. The van der Waals surface area contributed by atoms with Crippen molar-refractivity contribution < 1.29 is 0 Å². The molecule has 17 heavy (non-hydrogen) atoms. The Morgan fingerprint density at radius 3 is 2.88 bits per heavy atom. The summed E-state index contributed by atoms with van der Waals surface area (Å²) in [6.07, 6.45) is 5.45. The van der Waals surface area contributed by atoms with Gasteiger partial charge in [0, 0.05) is 33.7 Å². The molecule has 2 nitrogen and oxygen atoms in total. The first kappa shape index (κ1) is 11.3. The topological polar surface area (TPSA) is 27.8 Å². The molecule has 1 aliphatic rings. The van der Waals surface area contributed by atoms with Gasteiger partial charge in [-0.3, -0.25) is 0 Å². The number of aromatic nitrogens is 1. The van der Waals surface area contributed by atoms with Crippen molar-refractivity contribution in [2.45, 2.75) is 38.3 Å². The molecule has 0 unspecified atom stereocenters. The summed E-state index contributed by atoms with van der Waals surface area (Å²) in [6, 6.07) is 9.33. The van der Waals surface area contributed by atoms with Crippen molar-refractivity contribution in [3.8, 4) is 0 Å². The maximum Gasteiger partial charge on any atom is 0.0457 e. The second-order valence-electron chi connectivity index (χ2n) is 4.89. The van der Waals surface area contributed by atoms with Crippen molar-refractivity contribution in [2.24, 2.45) is 0 Å². The highest BCUT2D eigenvalue weighted by atomic mass is 79.9. The second-order valence-corrected chi connectivity index (χ2v) is 5.80. The first-order chi connectivity index (χ1) is 8.31. The van der Waals surface area contributed by atoms with E-state index in [1.165, 1.54) is 42.3 Å². The van der Waals surface area contributed by atoms with Crippen molar-refractivity contribution in [3.05, 3.63) is 34.4 Å². The highest BCUT2D eigenvalue weighted by Gasteiger charge is 2.14. The number of benzene rings is 1. The molecule has 0 spiro atoms. The van der Waals surface area contributed by atoms with E-state index in [2.05, 4.69) is 50.5 Å². The third-order valence-electron chi connectivity index (χ3n) is 3.57. The Morgan fingerprint density at radius 1 is 1.24 bits per heavy atom. The highest BCUT2D eigenvalue weighted by Crippen LogP contribution is 2.21. The molecule has 1 heterocycles. The summed E-state index contributed by atoms with van der Waals surface area (Å²) in [6.45, 7) is 0.955. The fraction of sp³-hybridized carbons (Fsp3) is 0.429. The number of hydrogen-bond acceptors (Lipinski definition) is 1. The Morgan fingerprint density at radius 2 is 2.06 bits per heavy atom. The van der Waals surface area contributed by atoms with Crippen molar-refractivity contribution in [1.82, 2.24) is 10.3 Å². The van der Waals surface area contributed by atoms with E-state index in [-0.39, 0.29) is 0 Å². The SMILES string of the molecule is Brc1ccc2[nH]c(CNC3CCCC3)cc2c1. The second kappa shape index (κ2) is 4.83. The number of rotatable bonds is 3. The molecule has 2 aromatic rings. The maximum absolute atomic E-state index is 3.63. The quantitative estimate of drug-likeness (QED) is 0.880. The van der Waals surface area contributed by atoms with Crippen LogP contribution in [0, 0.1) is 0 Å². The zero-order chi connectivity index (χ0) is 11.7. The van der Waals surface area contributed by atoms with Crippen LogP contribution >= 0.6 is 15.9 Å². The van der Waals surface area contributed by atoms with Crippen molar-refractivity contribution in [1.29, 1.82) is 0 Å². The third-order valence-corrected chi connectivity index (χ3v) is 4.07. The summed E-state index contributed by atoms with van der Waals surface area (Å²) in [5.41, 5.74) is 2.50. The van der Waals surface area contributed by atoms with E-state index in [1.54, 1.807) is 0 Å². The van der Waals surface area contributed by atoms with Gasteiger partial charge in [0.05, 0.1) is 0 Å². The van der Waals surface area contributed by atoms with Gasteiger partial charge < -0.3 is 10.3 Å². The first-order valence-corrected chi connectivity index (χ1v) is 7.11. The number of hydrogen-bond donors (Lipinski definition) is 2. The van der Waals surface area contributed by atoms with Gasteiger partial charge in [0.15, 0.2) is 0 Å². The lowest BCUT2D eigenvalue weighted by Gasteiger charge is -2.10. The van der Waals surface area contributed by atoms with Gasteiger partial charge >= 0.3 is 0 Å². The van der Waals surface area contributed by atoms with Crippen LogP contribution in [0.2, 0.25) is 0 Å². The molecule has 0 atom stereocenters. The minimum Gasteiger partial charge on any atom is -0.357 e. The van der Waals surface area contributed by atoms with E-state index in [9.17, 15) is 0 Å². The average Bonchev–Trinajstić information content (AvgIpc) is 2.94. The molecular weight excluding hydrogens is 276 g/mol. The molecule has 0 bridgehead atoms. The minimum absolute atomic E-state index is 0.730. The van der Waals surface area contributed by atoms with E-state index in [4.69, 9.17) is 0 Å². The Labute approximate surface area is 110 Å². The van der Waals surface area contributed by atoms with E-state index in [1.807, 2.05) is 0 Å². The van der Waals surface area contributed by atoms with Gasteiger partial charge in [0.1, 0.15) is 0 Å². The Bertz CT molecular complexity index is 512. The Kier molecular flexibility index (Phi) is 3.21. The summed E-state index contributed by atoms with van der Waals surface area (Å²) < 4.78 is 1.14. The number of H-pyrrole nitrogens is 1. The van der Waals surface area contributed by atoms with Crippen molar-refractivity contribution in [3.63, 3.8) is 0 Å². The molecule has 1 saturated carbocycles. The zero-order valence-corrected chi connectivity index (χ0v) is 11.4. The molecule has 3 rings (SSSR count). The fourth-order valence-corrected chi connectivity index (χ4v) is 3.02. The summed E-state index contributed by atoms with van der Waals surface area (Å²) in [5, 5.41) is 4.91. The van der Waals surface area contributed by atoms with Gasteiger partial charge in [-0.1, -0.05) is 28.8 Å². The smallest absolute Gasteiger partial charge is 0.0457 e. The summed E-state index contributed by atoms with van der Waals surface area (Å²) >= 11 is 3.51. The van der Waals surface area contributed by atoms with E-state index >= 15 is 0 Å². The molecule has 1 fully saturated rings. The monoisotopic (exact) mass is 292 g/mol. The van der Waals surface area contributed by atoms with Crippen LogP contribution < -0.4 is 5.32 Å². The average molecular weight is 293 g/mol. The van der Waals surface area contributed by atoms with Crippen LogP contribution in [-0.4, -0.2) is 11.0 Å². The van der Waals surface area contributed by atoms with Gasteiger partial charge in [0.2, 0.25) is 0 Å². The number of aromatic amines is 1. The first-order valence-electron chi connectivity index (χ1n) is 6.32. The van der Waals surface area contributed by atoms with Gasteiger partial charge in [0.25, 0.3) is 0 Å². The largest absolute Gasteiger partial charge is 0.357 e. The molecule has 2 N–H and O–H groups in total. The summed E-state index contributed by atoms with van der Waals surface area (Å²) in [7, 11) is 0. The Hall–Kier alpha value is -0.800. The van der Waals surface area contributed by atoms with E-state index in [0.29, 0.717) is 0 Å². The predicted octanol–water partition coefficient (Wildman–Crippen LogP) is 3.96. The fourth-order valence-electron chi connectivity index (χ4n) is 2.64. The lowest BCUT2D eigenvalue weighted by atomic mass is 10.2. The molecular formula is C14H17BrN2. The van der Waals surface area contributed by atoms with Gasteiger partial charge in [-0.05, 0) is 37.1 Å². The van der Waals surface area contributed by atoms with Crippen LogP contribution in [0.1, 0.15) is 31.4 Å². The number of fused-ring (bicyclic) bond motifs is 1. The molecule has 0 radical (unpaired) electrons. The van der Waals surface area contributed by atoms with Crippen molar-refractivity contribution >= 4 is 26.8 Å². The van der Waals surface area contributed by atoms with Crippen LogP contribution in [-0.2, 0) is 6.54 Å². The molecule has 1 aromatic carbocycles. The van der Waals surface area contributed by atoms with E-state index in [0.717, 1.165) is 17.1 Å². The van der Waals surface area contributed by atoms with Crippen LogP contribution in [0.25, 0.3) is 10.9 Å². The molecule has 1 aliphatic carbocycles. The van der Waals surface area contributed by atoms with Gasteiger partial charge in [-0.15, -0.1) is 0 Å². The third kappa shape index (κ3) is 2.55. The highest BCUT2D eigenvalue weighted by molar-refractivity contribution is 9.10. The summed E-state index contributed by atoms with van der Waals surface area (Å²) in [4.78, 5) is 3.46. The van der Waals surface area contributed by atoms with Crippen LogP contribution in [0.5, 0.6) is 0 Å².